The van der Waals surface area contributed by atoms with Crippen molar-refractivity contribution in [2.75, 3.05) is 14.2 Å². The smallest absolute Gasteiger partial charge is 0.251 e. The van der Waals surface area contributed by atoms with Crippen LogP contribution in [0.4, 0.5) is 0 Å². The van der Waals surface area contributed by atoms with Gasteiger partial charge in [0.25, 0.3) is 5.91 Å². The van der Waals surface area contributed by atoms with Gasteiger partial charge in [-0.1, -0.05) is 18.2 Å². The van der Waals surface area contributed by atoms with Crippen LogP contribution in [0.25, 0.3) is 0 Å². The summed E-state index contributed by atoms with van der Waals surface area (Å²) >= 11 is 0. The minimum atomic E-state index is -0.202. The lowest BCUT2D eigenvalue weighted by Gasteiger charge is -2.11. The van der Waals surface area contributed by atoms with E-state index in [2.05, 4.69) is 10.3 Å². The van der Waals surface area contributed by atoms with Gasteiger partial charge < -0.3 is 19.5 Å². The second-order valence-corrected chi connectivity index (χ2v) is 5.67. The van der Waals surface area contributed by atoms with Crippen molar-refractivity contribution >= 4 is 5.91 Å². The van der Waals surface area contributed by atoms with E-state index in [1.54, 1.807) is 37.6 Å². The Morgan fingerprint density at radius 1 is 0.963 bits per heavy atom. The number of hydrogen-bond donors (Lipinski definition) is 1. The van der Waals surface area contributed by atoms with Gasteiger partial charge in [-0.15, -0.1) is 0 Å². The summed E-state index contributed by atoms with van der Waals surface area (Å²) in [6, 6.07) is 18.0. The third-order valence-corrected chi connectivity index (χ3v) is 3.86. The van der Waals surface area contributed by atoms with Gasteiger partial charge >= 0.3 is 0 Å². The van der Waals surface area contributed by atoms with Crippen LogP contribution < -0.4 is 19.5 Å². The van der Waals surface area contributed by atoms with Gasteiger partial charge in [0.1, 0.15) is 5.75 Å². The Hall–Kier alpha value is -3.54. The molecule has 6 heteroatoms. The lowest BCUT2D eigenvalue weighted by molar-refractivity contribution is 0.0950. The first-order valence-electron chi connectivity index (χ1n) is 8.37. The largest absolute Gasteiger partial charge is 0.493 e. The highest BCUT2D eigenvalue weighted by Gasteiger charge is 2.10. The quantitative estimate of drug-likeness (QED) is 0.690. The molecule has 3 aromatic rings. The standard InChI is InChI=1S/C21H20N2O4/c1-25-18-10-9-16(13-19(18)26-2)21(24)23-14-15-6-5-7-17(12-15)27-20-8-3-4-11-22-20/h3-13H,14H2,1-2H3,(H,23,24). The van der Waals surface area contributed by atoms with Crippen molar-refractivity contribution in [3.8, 4) is 23.1 Å². The summed E-state index contributed by atoms with van der Waals surface area (Å²) in [4.78, 5) is 16.5. The SMILES string of the molecule is COc1ccc(C(=O)NCc2cccc(Oc3ccccn3)c2)cc1OC. The van der Waals surface area contributed by atoms with Gasteiger partial charge in [0, 0.05) is 24.4 Å². The predicted molar refractivity (Wildman–Crippen MR) is 101 cm³/mol. The molecule has 0 aliphatic heterocycles. The zero-order chi connectivity index (χ0) is 19.1. The molecule has 6 nitrogen and oxygen atoms in total. The molecule has 0 aliphatic carbocycles. The molecular formula is C21H20N2O4. The minimum Gasteiger partial charge on any atom is -0.493 e. The van der Waals surface area contributed by atoms with Gasteiger partial charge in [0.15, 0.2) is 11.5 Å². The van der Waals surface area contributed by atoms with E-state index in [4.69, 9.17) is 14.2 Å². The number of benzene rings is 2. The van der Waals surface area contributed by atoms with Crippen LogP contribution in [0, 0.1) is 0 Å². The van der Waals surface area contributed by atoms with Crippen LogP contribution in [0.1, 0.15) is 15.9 Å². The zero-order valence-corrected chi connectivity index (χ0v) is 15.1. The molecule has 1 aromatic heterocycles. The molecule has 0 radical (unpaired) electrons. The normalized spacial score (nSPS) is 10.1. The highest BCUT2D eigenvalue weighted by atomic mass is 16.5. The Kier molecular flexibility index (Phi) is 5.89. The van der Waals surface area contributed by atoms with E-state index >= 15 is 0 Å². The van der Waals surface area contributed by atoms with E-state index in [9.17, 15) is 4.79 Å². The molecule has 0 fully saturated rings. The maximum absolute atomic E-state index is 12.4. The summed E-state index contributed by atoms with van der Waals surface area (Å²) in [6.45, 7) is 0.368. The fourth-order valence-corrected chi connectivity index (χ4v) is 2.51. The monoisotopic (exact) mass is 364 g/mol. The lowest BCUT2D eigenvalue weighted by Crippen LogP contribution is -2.22. The van der Waals surface area contributed by atoms with E-state index in [-0.39, 0.29) is 5.91 Å². The van der Waals surface area contributed by atoms with Crippen molar-refractivity contribution in [3.05, 3.63) is 78.0 Å². The fraction of sp³-hybridized carbons (Fsp3) is 0.143. The van der Waals surface area contributed by atoms with E-state index in [0.29, 0.717) is 35.2 Å². The first-order chi connectivity index (χ1) is 13.2. The number of aromatic nitrogens is 1. The van der Waals surface area contributed by atoms with Gasteiger partial charge in [-0.25, -0.2) is 4.98 Å². The van der Waals surface area contributed by atoms with Crippen molar-refractivity contribution in [1.29, 1.82) is 0 Å². The van der Waals surface area contributed by atoms with Crippen LogP contribution in [-0.2, 0) is 6.54 Å². The Bertz CT molecular complexity index is 913. The van der Waals surface area contributed by atoms with Gasteiger partial charge in [-0.3, -0.25) is 4.79 Å². The lowest BCUT2D eigenvalue weighted by atomic mass is 10.1. The average Bonchev–Trinajstić information content (AvgIpc) is 2.72. The number of methoxy groups -OCH3 is 2. The van der Waals surface area contributed by atoms with E-state index in [1.807, 2.05) is 36.4 Å². The summed E-state index contributed by atoms with van der Waals surface area (Å²) in [5.41, 5.74) is 1.41. The van der Waals surface area contributed by atoms with Crippen LogP contribution in [0.5, 0.6) is 23.1 Å². The molecule has 27 heavy (non-hydrogen) atoms. The Labute approximate surface area is 157 Å². The number of nitrogens with one attached hydrogen (secondary N) is 1. The van der Waals surface area contributed by atoms with Gasteiger partial charge in [-0.05, 0) is 42.0 Å². The molecule has 0 atom stereocenters. The molecule has 0 unspecified atom stereocenters. The summed E-state index contributed by atoms with van der Waals surface area (Å²) < 4.78 is 16.1. The van der Waals surface area contributed by atoms with Gasteiger partial charge in [-0.2, -0.15) is 0 Å². The minimum absolute atomic E-state index is 0.202. The van der Waals surface area contributed by atoms with Crippen LogP contribution in [0.15, 0.2) is 66.9 Å². The van der Waals surface area contributed by atoms with Crippen LogP contribution in [0.2, 0.25) is 0 Å². The maximum atomic E-state index is 12.4. The molecule has 1 N–H and O–H groups in total. The maximum Gasteiger partial charge on any atom is 0.251 e. The summed E-state index contributed by atoms with van der Waals surface area (Å²) in [5.74, 6) is 2.06. The van der Waals surface area contributed by atoms with Crippen molar-refractivity contribution < 1.29 is 19.0 Å². The summed E-state index contributed by atoms with van der Waals surface area (Å²) in [7, 11) is 3.09. The molecule has 2 aromatic carbocycles. The molecule has 138 valence electrons. The summed E-state index contributed by atoms with van der Waals surface area (Å²) in [5, 5.41) is 2.89. The number of amides is 1. The topological polar surface area (TPSA) is 69.7 Å². The molecule has 1 amide bonds. The first-order valence-corrected chi connectivity index (χ1v) is 8.37. The number of nitrogens with zero attached hydrogens (tertiary/aromatic N) is 1. The van der Waals surface area contributed by atoms with Crippen LogP contribution in [0.3, 0.4) is 0 Å². The number of rotatable bonds is 7. The molecule has 3 rings (SSSR count). The van der Waals surface area contributed by atoms with Crippen molar-refractivity contribution in [1.82, 2.24) is 10.3 Å². The molecule has 0 bridgehead atoms. The average molecular weight is 364 g/mol. The molecule has 0 aliphatic rings. The Balaban J connectivity index is 1.64. The zero-order valence-electron chi connectivity index (χ0n) is 15.1. The van der Waals surface area contributed by atoms with Gasteiger partial charge in [0.05, 0.1) is 14.2 Å². The van der Waals surface area contributed by atoms with E-state index in [0.717, 1.165) is 5.56 Å². The molecule has 0 spiro atoms. The first kappa shape index (κ1) is 18.3. The molecule has 1 heterocycles. The number of carbonyl (C=O) groups is 1. The van der Waals surface area contributed by atoms with E-state index in [1.165, 1.54) is 7.11 Å². The highest BCUT2D eigenvalue weighted by molar-refractivity contribution is 5.94. The van der Waals surface area contributed by atoms with Crippen LogP contribution >= 0.6 is 0 Å². The van der Waals surface area contributed by atoms with Crippen molar-refractivity contribution in [2.24, 2.45) is 0 Å². The number of pyridine rings is 1. The second-order valence-electron chi connectivity index (χ2n) is 5.67. The third kappa shape index (κ3) is 4.76. The molecule has 0 saturated heterocycles. The third-order valence-electron chi connectivity index (χ3n) is 3.86. The highest BCUT2D eigenvalue weighted by Crippen LogP contribution is 2.27. The fourth-order valence-electron chi connectivity index (χ4n) is 2.51. The number of hydrogen-bond acceptors (Lipinski definition) is 5. The number of carbonyl (C=O) groups excluding carboxylic acids is 1. The molecule has 0 saturated carbocycles. The van der Waals surface area contributed by atoms with Crippen LogP contribution in [-0.4, -0.2) is 25.1 Å². The van der Waals surface area contributed by atoms with Crippen molar-refractivity contribution in [2.45, 2.75) is 6.54 Å². The molecular weight excluding hydrogens is 344 g/mol. The number of ether oxygens (including phenoxy) is 3. The Morgan fingerprint density at radius 2 is 1.81 bits per heavy atom. The van der Waals surface area contributed by atoms with Crippen molar-refractivity contribution in [3.63, 3.8) is 0 Å². The summed E-state index contributed by atoms with van der Waals surface area (Å²) in [6.07, 6.45) is 1.67. The van der Waals surface area contributed by atoms with E-state index < -0.39 is 0 Å². The second kappa shape index (κ2) is 8.71. The van der Waals surface area contributed by atoms with Gasteiger partial charge in [0.2, 0.25) is 5.88 Å². The predicted octanol–water partition coefficient (Wildman–Crippen LogP) is 3.82. The Morgan fingerprint density at radius 3 is 2.56 bits per heavy atom.